The van der Waals surface area contributed by atoms with Crippen molar-refractivity contribution in [1.29, 1.82) is 5.26 Å². The summed E-state index contributed by atoms with van der Waals surface area (Å²) in [5.74, 6) is -1.12. The lowest BCUT2D eigenvalue weighted by Crippen LogP contribution is -2.27. The van der Waals surface area contributed by atoms with Gasteiger partial charge in [-0.1, -0.05) is 17.7 Å². The number of nitrogens with one attached hydrogen (secondary N) is 1. The van der Waals surface area contributed by atoms with E-state index in [0.717, 1.165) is 11.1 Å². The highest BCUT2D eigenvalue weighted by molar-refractivity contribution is 6.29. The first-order valence-electron chi connectivity index (χ1n) is 9.33. The predicted octanol–water partition coefficient (Wildman–Crippen LogP) is 3.84. The maximum atomic E-state index is 11.6. The van der Waals surface area contributed by atoms with Crippen molar-refractivity contribution in [3.05, 3.63) is 57.6 Å². The summed E-state index contributed by atoms with van der Waals surface area (Å²) in [5, 5.41) is 22.3. The normalized spacial score (nSPS) is 14.7. The molecule has 0 radical (unpaired) electrons. The molecule has 0 amide bonds. The van der Waals surface area contributed by atoms with Gasteiger partial charge in [-0.05, 0) is 37.6 Å². The molecule has 4 rings (SSSR count). The van der Waals surface area contributed by atoms with Crippen molar-refractivity contribution in [3.8, 4) is 6.07 Å². The van der Waals surface area contributed by atoms with Crippen molar-refractivity contribution in [2.75, 3.05) is 18.5 Å². The number of nitriles is 1. The van der Waals surface area contributed by atoms with Crippen LogP contribution in [0.2, 0.25) is 5.15 Å². The van der Waals surface area contributed by atoms with Crippen LogP contribution >= 0.6 is 11.6 Å². The lowest BCUT2D eigenvalue weighted by atomic mass is 9.99. The van der Waals surface area contributed by atoms with E-state index >= 15 is 0 Å². The van der Waals surface area contributed by atoms with Gasteiger partial charge < -0.3 is 15.2 Å². The molecule has 1 aliphatic rings. The predicted molar refractivity (Wildman–Crippen MR) is 111 cm³/mol. The Kier molecular flexibility index (Phi) is 5.24. The van der Waals surface area contributed by atoms with Crippen LogP contribution in [0.4, 0.5) is 5.69 Å². The molecule has 0 unspecified atom stereocenters. The third-order valence-corrected chi connectivity index (χ3v) is 5.21. The molecule has 1 saturated heterocycles. The minimum Gasteiger partial charge on any atom is -0.476 e. The Balaban J connectivity index is 1.80. The van der Waals surface area contributed by atoms with E-state index in [-0.39, 0.29) is 22.8 Å². The fraction of sp³-hybridized carbons (Fsp3) is 0.286. The molecule has 152 valence electrons. The summed E-state index contributed by atoms with van der Waals surface area (Å²) in [7, 11) is 0. The number of hydrogen-bond donors (Lipinski definition) is 2. The van der Waals surface area contributed by atoms with Gasteiger partial charge >= 0.3 is 5.97 Å². The van der Waals surface area contributed by atoms with E-state index in [4.69, 9.17) is 21.3 Å². The van der Waals surface area contributed by atoms with Crippen LogP contribution in [0.5, 0.6) is 0 Å². The molecule has 9 heteroatoms. The van der Waals surface area contributed by atoms with E-state index in [9.17, 15) is 15.2 Å². The number of fused-ring (bicyclic) bond motifs is 1. The average molecular weight is 424 g/mol. The number of pyridine rings is 1. The van der Waals surface area contributed by atoms with Crippen molar-refractivity contribution in [2.24, 2.45) is 0 Å². The van der Waals surface area contributed by atoms with Crippen molar-refractivity contribution in [1.82, 2.24) is 15.0 Å². The summed E-state index contributed by atoms with van der Waals surface area (Å²) in [6, 6.07) is 8.81. The number of anilines is 1. The monoisotopic (exact) mass is 423 g/mol. The zero-order chi connectivity index (χ0) is 21.4. The van der Waals surface area contributed by atoms with Crippen LogP contribution in [0.1, 0.15) is 51.9 Å². The molecule has 0 spiro atoms. The van der Waals surface area contributed by atoms with E-state index in [2.05, 4.69) is 21.4 Å². The first-order valence-corrected chi connectivity index (χ1v) is 9.71. The average Bonchev–Trinajstić information content (AvgIpc) is 2.66. The van der Waals surface area contributed by atoms with Gasteiger partial charge in [0.2, 0.25) is 0 Å². The number of aromatic carboxylic acids is 1. The number of carboxylic acids is 1. The Morgan fingerprint density at radius 2 is 2.10 bits per heavy atom. The molecule has 1 aliphatic heterocycles. The van der Waals surface area contributed by atoms with E-state index in [0.29, 0.717) is 41.3 Å². The van der Waals surface area contributed by atoms with Gasteiger partial charge in [-0.3, -0.25) is 0 Å². The minimum atomic E-state index is -1.17. The maximum Gasteiger partial charge on any atom is 0.356 e. The van der Waals surface area contributed by atoms with Crippen molar-refractivity contribution in [2.45, 2.75) is 25.8 Å². The standard InChI is InChI=1S/C21H18ClN5O3/c1-10-5-13(11(2)24-14-3-4-17(22)26-20(14)21(28)29)19-15(6-10)25-16(7-23)18(27-19)12-8-30-9-12/h3-6,11-12,24H,8-9H2,1-2H3,(H,28,29)/t11-/m1/s1. The summed E-state index contributed by atoms with van der Waals surface area (Å²) in [6.07, 6.45) is 0. The summed E-state index contributed by atoms with van der Waals surface area (Å²) >= 11 is 5.85. The van der Waals surface area contributed by atoms with Gasteiger partial charge in [0.05, 0.1) is 47.6 Å². The second kappa shape index (κ2) is 7.86. The first-order chi connectivity index (χ1) is 14.4. The highest BCUT2D eigenvalue weighted by Gasteiger charge is 2.27. The summed E-state index contributed by atoms with van der Waals surface area (Å²) in [5.41, 5.74) is 4.22. The van der Waals surface area contributed by atoms with Crippen LogP contribution in [0, 0.1) is 18.3 Å². The number of hydrogen-bond acceptors (Lipinski definition) is 7. The second-order valence-corrected chi connectivity index (χ2v) is 7.61. The SMILES string of the molecule is Cc1cc([C@@H](C)Nc2ccc(Cl)nc2C(=O)O)c2nc(C3COC3)c(C#N)nc2c1. The number of aromatic nitrogens is 3. The molecular weight excluding hydrogens is 406 g/mol. The Labute approximate surface area is 177 Å². The van der Waals surface area contributed by atoms with Crippen molar-refractivity contribution < 1.29 is 14.6 Å². The molecule has 30 heavy (non-hydrogen) atoms. The number of carbonyl (C=O) groups is 1. The Morgan fingerprint density at radius 1 is 1.33 bits per heavy atom. The van der Waals surface area contributed by atoms with Gasteiger partial charge in [0.1, 0.15) is 11.2 Å². The quantitative estimate of drug-likeness (QED) is 0.593. The van der Waals surface area contributed by atoms with E-state index in [1.165, 1.54) is 6.07 Å². The van der Waals surface area contributed by atoms with E-state index in [1.54, 1.807) is 6.07 Å². The van der Waals surface area contributed by atoms with Gasteiger partial charge in [0.25, 0.3) is 0 Å². The lowest BCUT2D eigenvalue weighted by molar-refractivity contribution is 0.00657. The smallest absolute Gasteiger partial charge is 0.356 e. The van der Waals surface area contributed by atoms with E-state index < -0.39 is 5.97 Å². The fourth-order valence-electron chi connectivity index (χ4n) is 3.46. The highest BCUT2D eigenvalue weighted by Crippen LogP contribution is 2.31. The third kappa shape index (κ3) is 3.65. The molecule has 2 aromatic heterocycles. The summed E-state index contributed by atoms with van der Waals surface area (Å²) in [6.45, 7) is 4.87. The van der Waals surface area contributed by atoms with Crippen LogP contribution in [0.3, 0.4) is 0 Å². The number of rotatable bonds is 5. The fourth-order valence-corrected chi connectivity index (χ4v) is 3.61. The molecule has 3 heterocycles. The molecular formula is C21H18ClN5O3. The largest absolute Gasteiger partial charge is 0.476 e. The van der Waals surface area contributed by atoms with Gasteiger partial charge in [-0.15, -0.1) is 0 Å². The molecule has 1 fully saturated rings. The number of halogens is 1. The van der Waals surface area contributed by atoms with Gasteiger partial charge in [-0.2, -0.15) is 5.26 Å². The van der Waals surface area contributed by atoms with Gasteiger partial charge in [0.15, 0.2) is 11.4 Å². The molecule has 0 bridgehead atoms. The van der Waals surface area contributed by atoms with Crippen LogP contribution in [-0.4, -0.2) is 39.2 Å². The molecule has 8 nitrogen and oxygen atoms in total. The number of ether oxygens (including phenoxy) is 1. The number of nitrogens with zero attached hydrogens (tertiary/aromatic N) is 4. The highest BCUT2D eigenvalue weighted by atomic mass is 35.5. The first kappa shape index (κ1) is 20.0. The molecule has 2 N–H and O–H groups in total. The van der Waals surface area contributed by atoms with Crippen LogP contribution in [0.25, 0.3) is 11.0 Å². The van der Waals surface area contributed by atoms with Crippen molar-refractivity contribution >= 4 is 34.3 Å². The van der Waals surface area contributed by atoms with Gasteiger partial charge in [0, 0.05) is 5.56 Å². The number of aryl methyl sites for hydroxylation is 1. The molecule has 1 aromatic carbocycles. The number of benzene rings is 1. The Morgan fingerprint density at radius 3 is 2.73 bits per heavy atom. The second-order valence-electron chi connectivity index (χ2n) is 7.23. The summed E-state index contributed by atoms with van der Waals surface area (Å²) < 4.78 is 5.26. The van der Waals surface area contributed by atoms with Crippen LogP contribution < -0.4 is 5.32 Å². The lowest BCUT2D eigenvalue weighted by Gasteiger charge is -2.26. The third-order valence-electron chi connectivity index (χ3n) is 5.00. The van der Waals surface area contributed by atoms with Crippen molar-refractivity contribution in [3.63, 3.8) is 0 Å². The topological polar surface area (TPSA) is 121 Å². The zero-order valence-electron chi connectivity index (χ0n) is 16.3. The zero-order valence-corrected chi connectivity index (χ0v) is 17.1. The van der Waals surface area contributed by atoms with Gasteiger partial charge in [-0.25, -0.2) is 19.7 Å². The molecule has 3 aromatic rings. The Bertz CT molecular complexity index is 1200. The summed E-state index contributed by atoms with van der Waals surface area (Å²) in [4.78, 5) is 24.8. The van der Waals surface area contributed by atoms with Crippen LogP contribution in [0.15, 0.2) is 24.3 Å². The van der Waals surface area contributed by atoms with Crippen LogP contribution in [-0.2, 0) is 4.74 Å². The Hall–Kier alpha value is -3.28. The number of carboxylic acid groups (broad SMARTS) is 1. The molecule has 0 aliphatic carbocycles. The molecule has 1 atom stereocenters. The van der Waals surface area contributed by atoms with E-state index in [1.807, 2.05) is 26.0 Å². The maximum absolute atomic E-state index is 11.6. The molecule has 0 saturated carbocycles. The minimum absolute atomic E-state index is 0.0491.